The molecule has 1 aliphatic rings. The Kier molecular flexibility index (Phi) is 5.47. The van der Waals surface area contributed by atoms with Crippen LogP contribution in [0.15, 0.2) is 41.4 Å². The van der Waals surface area contributed by atoms with Crippen LogP contribution in [0, 0.1) is 0 Å². The highest BCUT2D eigenvalue weighted by molar-refractivity contribution is 8.00. The first-order valence-corrected chi connectivity index (χ1v) is 10.6. The Labute approximate surface area is 163 Å². The summed E-state index contributed by atoms with van der Waals surface area (Å²) in [6.45, 7) is 0.206. The summed E-state index contributed by atoms with van der Waals surface area (Å²) >= 11 is -0.199. The van der Waals surface area contributed by atoms with Gasteiger partial charge in [0.1, 0.15) is 5.82 Å². The Hall–Kier alpha value is -2.05. The van der Waals surface area contributed by atoms with E-state index in [1.807, 2.05) is 0 Å². The maximum absolute atomic E-state index is 12.5. The summed E-state index contributed by atoms with van der Waals surface area (Å²) in [5.74, 6) is -1.06. The molecule has 1 aromatic carbocycles. The fourth-order valence-corrected chi connectivity index (χ4v) is 5.15. The molecule has 1 saturated heterocycles. The summed E-state index contributed by atoms with van der Waals surface area (Å²) in [5.41, 5.74) is -5.10. The minimum atomic E-state index is -4.35. The molecule has 28 heavy (non-hydrogen) atoms. The molecule has 12 heteroatoms. The highest BCUT2D eigenvalue weighted by Gasteiger charge is 2.55. The Bertz CT molecular complexity index is 960. The van der Waals surface area contributed by atoms with Crippen molar-refractivity contribution < 1.29 is 31.1 Å². The topological polar surface area (TPSA) is 90.3 Å². The number of thioether (sulfide) groups is 1. The molecule has 152 valence electrons. The lowest BCUT2D eigenvalue weighted by molar-refractivity contribution is -0.134. The second kappa shape index (κ2) is 7.41. The van der Waals surface area contributed by atoms with Gasteiger partial charge in [0.05, 0.1) is 24.2 Å². The first-order chi connectivity index (χ1) is 13.0. The van der Waals surface area contributed by atoms with Gasteiger partial charge < -0.3 is 10.1 Å². The molecule has 0 bridgehead atoms. The van der Waals surface area contributed by atoms with Gasteiger partial charge in [0, 0.05) is 18.1 Å². The zero-order valence-corrected chi connectivity index (χ0v) is 16.2. The van der Waals surface area contributed by atoms with Crippen molar-refractivity contribution in [3.8, 4) is 0 Å². The minimum absolute atomic E-state index is 0.0680. The number of halogens is 3. The summed E-state index contributed by atoms with van der Waals surface area (Å²) in [7, 11) is -2.02. The van der Waals surface area contributed by atoms with E-state index < -0.39 is 38.4 Å². The molecule has 0 saturated carbocycles. The molecule has 1 aromatic heterocycles. The molecule has 1 aliphatic heterocycles. The van der Waals surface area contributed by atoms with Crippen molar-refractivity contribution in [2.24, 2.45) is 0 Å². The molecule has 1 N–H and O–H groups in total. The third-order valence-corrected chi connectivity index (χ3v) is 6.71. The lowest BCUT2D eigenvalue weighted by atomic mass is 10.1. The lowest BCUT2D eigenvalue weighted by Crippen LogP contribution is -2.63. The van der Waals surface area contributed by atoms with Crippen LogP contribution in [0.3, 0.4) is 0 Å². The van der Waals surface area contributed by atoms with Gasteiger partial charge in [-0.15, -0.1) is 0 Å². The smallest absolute Gasteiger partial charge is 0.366 e. The molecule has 1 amide bonds. The van der Waals surface area contributed by atoms with Gasteiger partial charge in [-0.25, -0.2) is 13.1 Å². The third kappa shape index (κ3) is 4.67. The molecular weight excluding hydrogens is 419 g/mol. The predicted octanol–water partition coefficient (Wildman–Crippen LogP) is 2.30. The van der Waals surface area contributed by atoms with Crippen LogP contribution < -0.4 is 5.32 Å². The Balaban J connectivity index is 1.68. The monoisotopic (exact) mass is 435 g/mol. The summed E-state index contributed by atoms with van der Waals surface area (Å²) in [6, 6.07) is 7.32. The maximum atomic E-state index is 12.5. The quantitative estimate of drug-likeness (QED) is 0.701. The first-order valence-electron chi connectivity index (χ1n) is 7.95. The van der Waals surface area contributed by atoms with Gasteiger partial charge in [0.15, 0.2) is 15.4 Å². The zero-order valence-electron chi connectivity index (χ0n) is 14.6. The number of carbonyl (C=O) groups is 1. The van der Waals surface area contributed by atoms with Crippen molar-refractivity contribution in [2.45, 2.75) is 22.5 Å². The molecular formula is C16H16F3N3O4S2. The molecule has 7 nitrogen and oxygen atoms in total. The van der Waals surface area contributed by atoms with Gasteiger partial charge in [-0.2, -0.15) is 18.3 Å². The van der Waals surface area contributed by atoms with E-state index in [-0.39, 0.29) is 23.2 Å². The van der Waals surface area contributed by atoms with Crippen LogP contribution in [0.1, 0.15) is 5.56 Å². The average molecular weight is 435 g/mol. The molecule has 1 fully saturated rings. The Morgan fingerprint density at radius 2 is 1.93 bits per heavy atom. The number of aromatic nitrogens is 2. The molecule has 0 spiro atoms. The normalized spacial score (nSPS) is 17.7. The van der Waals surface area contributed by atoms with E-state index in [1.165, 1.54) is 48.3 Å². The van der Waals surface area contributed by atoms with E-state index in [9.17, 15) is 26.4 Å². The van der Waals surface area contributed by atoms with Crippen molar-refractivity contribution in [1.29, 1.82) is 0 Å². The van der Waals surface area contributed by atoms with Gasteiger partial charge >= 0.3 is 5.51 Å². The highest BCUT2D eigenvalue weighted by Crippen LogP contribution is 2.36. The van der Waals surface area contributed by atoms with Crippen molar-refractivity contribution in [3.63, 3.8) is 0 Å². The van der Waals surface area contributed by atoms with E-state index in [2.05, 4.69) is 10.4 Å². The number of benzene rings is 1. The highest BCUT2D eigenvalue weighted by atomic mass is 32.2. The van der Waals surface area contributed by atoms with Gasteiger partial charge in [-0.3, -0.25) is 4.79 Å². The zero-order chi connectivity index (χ0) is 20.6. The largest absolute Gasteiger partial charge is 0.446 e. The number of hydrogen-bond acceptors (Lipinski definition) is 6. The summed E-state index contributed by atoms with van der Waals surface area (Å²) in [6.07, 6.45) is 1.44. The molecule has 0 aliphatic carbocycles. The number of sulfone groups is 1. The van der Waals surface area contributed by atoms with Crippen LogP contribution in [0.4, 0.5) is 19.0 Å². The maximum Gasteiger partial charge on any atom is 0.446 e. The number of ether oxygens (including phenoxy) is 1. The van der Waals surface area contributed by atoms with Crippen molar-refractivity contribution >= 4 is 33.3 Å². The van der Waals surface area contributed by atoms with E-state index in [4.69, 9.17) is 4.74 Å². The average Bonchev–Trinajstić information content (AvgIpc) is 2.99. The molecule has 0 atom stereocenters. The number of carbonyl (C=O) groups excluding carboxylic acids is 1. The number of methoxy groups -OCH3 is 1. The summed E-state index contributed by atoms with van der Waals surface area (Å²) in [4.78, 5) is 12.5. The number of hydrogen-bond donors (Lipinski definition) is 1. The summed E-state index contributed by atoms with van der Waals surface area (Å²) in [5, 5.41) is 6.69. The van der Waals surface area contributed by atoms with Crippen LogP contribution in [-0.2, 0) is 25.9 Å². The Morgan fingerprint density at radius 3 is 2.46 bits per heavy atom. The molecule has 3 rings (SSSR count). The third-order valence-electron chi connectivity index (χ3n) is 4.16. The number of alkyl halides is 3. The van der Waals surface area contributed by atoms with Gasteiger partial charge in [0.25, 0.3) is 5.91 Å². The predicted molar refractivity (Wildman–Crippen MR) is 96.7 cm³/mol. The van der Waals surface area contributed by atoms with Gasteiger partial charge in [0.2, 0.25) is 0 Å². The van der Waals surface area contributed by atoms with Crippen LogP contribution in [-0.4, -0.2) is 53.8 Å². The minimum Gasteiger partial charge on any atom is -0.366 e. The molecule has 2 aromatic rings. The molecule has 0 unspecified atom stereocenters. The van der Waals surface area contributed by atoms with E-state index in [0.717, 1.165) is 0 Å². The number of anilines is 1. The van der Waals surface area contributed by atoms with Gasteiger partial charge in [-0.05, 0) is 29.5 Å². The fourth-order valence-electron chi connectivity index (χ4n) is 2.77. The van der Waals surface area contributed by atoms with Crippen LogP contribution in [0.2, 0.25) is 0 Å². The molecule has 0 radical (unpaired) electrons. The second-order valence-corrected chi connectivity index (χ2v) is 9.45. The van der Waals surface area contributed by atoms with E-state index in [1.54, 1.807) is 0 Å². The number of nitrogens with one attached hydrogen (secondary N) is 1. The fraction of sp³-hybridized carbons (Fsp3) is 0.375. The number of amides is 1. The van der Waals surface area contributed by atoms with Gasteiger partial charge in [-0.1, -0.05) is 12.1 Å². The van der Waals surface area contributed by atoms with Crippen LogP contribution in [0.5, 0.6) is 0 Å². The standard InChI is InChI=1S/C16H16F3N3O4S2/c1-26-15(9-28(24,25)10-15)14(23)21-13-6-7-20-22(13)8-11-2-4-12(5-3-11)27-16(17,18)19/h2-7H,8-10H2,1H3,(H,21,23). The van der Waals surface area contributed by atoms with Crippen LogP contribution in [0.25, 0.3) is 0 Å². The van der Waals surface area contributed by atoms with Crippen molar-refractivity contribution in [3.05, 3.63) is 42.1 Å². The Morgan fingerprint density at radius 1 is 1.29 bits per heavy atom. The lowest BCUT2D eigenvalue weighted by Gasteiger charge is -2.37. The SMILES string of the molecule is COC1(C(=O)Nc2ccnn2Cc2ccc(SC(F)(F)F)cc2)CS(=O)(=O)C1. The van der Waals surface area contributed by atoms with Crippen molar-refractivity contribution in [2.75, 3.05) is 23.9 Å². The van der Waals surface area contributed by atoms with E-state index >= 15 is 0 Å². The van der Waals surface area contributed by atoms with E-state index in [0.29, 0.717) is 11.4 Å². The number of nitrogens with zero attached hydrogens (tertiary/aromatic N) is 2. The van der Waals surface area contributed by atoms with Crippen molar-refractivity contribution in [1.82, 2.24) is 9.78 Å². The molecule has 2 heterocycles. The summed E-state index contributed by atoms with van der Waals surface area (Å²) < 4.78 is 66.6. The first kappa shape index (κ1) is 20.7. The number of rotatable bonds is 6. The second-order valence-electron chi connectivity index (χ2n) is 6.25. The van der Waals surface area contributed by atoms with Crippen LogP contribution >= 0.6 is 11.8 Å².